The molecule has 0 bridgehead atoms. The van der Waals surface area contributed by atoms with Gasteiger partial charge in [0.15, 0.2) is 0 Å². The Bertz CT molecular complexity index is 563. The summed E-state index contributed by atoms with van der Waals surface area (Å²) in [6.45, 7) is 0.988. The Hall–Kier alpha value is -1.81. The zero-order chi connectivity index (χ0) is 12.4. The van der Waals surface area contributed by atoms with Gasteiger partial charge in [-0.3, -0.25) is 4.79 Å². The third-order valence-electron chi connectivity index (χ3n) is 3.04. The normalized spacial score (nSPS) is 12.9. The molecular formula is C14H14N2OS. The minimum atomic E-state index is 0.0410. The number of carbonyl (C=O) groups excluding carboxylic acids is 1. The van der Waals surface area contributed by atoms with Crippen LogP contribution in [0.4, 0.5) is 11.4 Å². The van der Waals surface area contributed by atoms with Crippen molar-refractivity contribution in [1.82, 2.24) is 0 Å². The summed E-state index contributed by atoms with van der Waals surface area (Å²) in [5.41, 5.74) is 4.42. The molecule has 3 nitrogen and oxygen atoms in total. The summed E-state index contributed by atoms with van der Waals surface area (Å²) in [6, 6.07) is 8.02. The van der Waals surface area contributed by atoms with E-state index in [0.29, 0.717) is 6.42 Å². The van der Waals surface area contributed by atoms with Crippen molar-refractivity contribution in [2.24, 2.45) is 0 Å². The van der Waals surface area contributed by atoms with Crippen molar-refractivity contribution in [2.75, 3.05) is 17.2 Å². The van der Waals surface area contributed by atoms with Crippen LogP contribution in [0.5, 0.6) is 0 Å². The molecule has 1 aromatic heterocycles. The van der Waals surface area contributed by atoms with E-state index in [2.05, 4.69) is 16.7 Å². The van der Waals surface area contributed by atoms with Crippen molar-refractivity contribution >= 4 is 28.6 Å². The Morgan fingerprint density at radius 3 is 3.17 bits per heavy atom. The van der Waals surface area contributed by atoms with Gasteiger partial charge in [0, 0.05) is 17.9 Å². The summed E-state index contributed by atoms with van der Waals surface area (Å²) in [5, 5.41) is 10.2. The minimum absolute atomic E-state index is 0.0410. The molecule has 1 aliphatic rings. The Morgan fingerprint density at radius 2 is 2.33 bits per heavy atom. The molecule has 0 atom stereocenters. The van der Waals surface area contributed by atoms with Gasteiger partial charge in [0.05, 0.1) is 6.42 Å². The highest BCUT2D eigenvalue weighted by atomic mass is 32.1. The number of anilines is 2. The number of fused-ring (bicyclic) bond motifs is 1. The first-order valence-electron chi connectivity index (χ1n) is 5.99. The first kappa shape index (κ1) is 11.3. The molecule has 3 rings (SSSR count). The molecule has 18 heavy (non-hydrogen) atoms. The highest BCUT2D eigenvalue weighted by Crippen LogP contribution is 2.25. The molecule has 0 saturated heterocycles. The van der Waals surface area contributed by atoms with E-state index >= 15 is 0 Å². The van der Waals surface area contributed by atoms with Gasteiger partial charge in [0.1, 0.15) is 0 Å². The molecule has 0 radical (unpaired) electrons. The van der Waals surface area contributed by atoms with E-state index in [9.17, 15) is 4.79 Å². The van der Waals surface area contributed by atoms with Crippen molar-refractivity contribution in [3.05, 3.63) is 46.2 Å². The summed E-state index contributed by atoms with van der Waals surface area (Å²) in [7, 11) is 0. The van der Waals surface area contributed by atoms with Crippen LogP contribution < -0.4 is 10.6 Å². The van der Waals surface area contributed by atoms with Crippen LogP contribution in [0, 0.1) is 0 Å². The SMILES string of the molecule is O=C(Cc1ccsc1)Nc1ccc2c(c1)CCN2. The Morgan fingerprint density at radius 1 is 1.39 bits per heavy atom. The number of hydrogen-bond donors (Lipinski definition) is 2. The third-order valence-corrected chi connectivity index (χ3v) is 3.78. The van der Waals surface area contributed by atoms with Crippen molar-refractivity contribution in [1.29, 1.82) is 0 Å². The Labute approximate surface area is 110 Å². The Kier molecular flexibility index (Phi) is 3.02. The van der Waals surface area contributed by atoms with Crippen LogP contribution in [0.1, 0.15) is 11.1 Å². The Balaban J connectivity index is 1.67. The number of nitrogens with one attached hydrogen (secondary N) is 2. The molecule has 2 N–H and O–H groups in total. The second kappa shape index (κ2) is 4.82. The maximum atomic E-state index is 11.9. The average Bonchev–Trinajstić information content (AvgIpc) is 2.98. The number of benzene rings is 1. The molecule has 2 aromatic rings. The predicted octanol–water partition coefficient (Wildman–Crippen LogP) is 2.90. The number of carbonyl (C=O) groups is 1. The van der Waals surface area contributed by atoms with Gasteiger partial charge >= 0.3 is 0 Å². The molecule has 0 aliphatic carbocycles. The zero-order valence-electron chi connectivity index (χ0n) is 9.90. The fourth-order valence-corrected chi connectivity index (χ4v) is 2.84. The van der Waals surface area contributed by atoms with E-state index in [0.717, 1.165) is 24.2 Å². The number of rotatable bonds is 3. The van der Waals surface area contributed by atoms with Crippen LogP contribution in [0.2, 0.25) is 0 Å². The molecule has 0 unspecified atom stereocenters. The largest absolute Gasteiger partial charge is 0.384 e. The first-order valence-corrected chi connectivity index (χ1v) is 6.93. The summed E-state index contributed by atoms with van der Waals surface area (Å²) >= 11 is 1.62. The van der Waals surface area contributed by atoms with E-state index in [1.54, 1.807) is 11.3 Å². The molecule has 0 fully saturated rings. The molecule has 0 saturated carbocycles. The fraction of sp³-hybridized carbons (Fsp3) is 0.214. The van der Waals surface area contributed by atoms with Gasteiger partial charge in [-0.25, -0.2) is 0 Å². The second-order valence-corrected chi connectivity index (χ2v) is 5.19. The van der Waals surface area contributed by atoms with Gasteiger partial charge in [-0.05, 0) is 52.6 Å². The molecule has 0 spiro atoms. The quantitative estimate of drug-likeness (QED) is 0.888. The lowest BCUT2D eigenvalue weighted by Gasteiger charge is -2.06. The van der Waals surface area contributed by atoms with Crippen molar-refractivity contribution in [3.8, 4) is 0 Å². The zero-order valence-corrected chi connectivity index (χ0v) is 10.7. The minimum Gasteiger partial charge on any atom is -0.384 e. The van der Waals surface area contributed by atoms with E-state index in [1.165, 1.54) is 11.3 Å². The van der Waals surface area contributed by atoms with Gasteiger partial charge in [-0.15, -0.1) is 0 Å². The molecule has 92 valence electrons. The lowest BCUT2D eigenvalue weighted by Crippen LogP contribution is -2.14. The first-order chi connectivity index (χ1) is 8.81. The van der Waals surface area contributed by atoms with Gasteiger partial charge in [-0.2, -0.15) is 11.3 Å². The fourth-order valence-electron chi connectivity index (χ4n) is 2.17. The van der Waals surface area contributed by atoms with E-state index < -0.39 is 0 Å². The molecule has 1 amide bonds. The molecule has 1 aliphatic heterocycles. The number of thiophene rings is 1. The third kappa shape index (κ3) is 2.38. The van der Waals surface area contributed by atoms with Crippen molar-refractivity contribution in [3.63, 3.8) is 0 Å². The highest BCUT2D eigenvalue weighted by molar-refractivity contribution is 7.08. The topological polar surface area (TPSA) is 41.1 Å². The smallest absolute Gasteiger partial charge is 0.228 e. The maximum Gasteiger partial charge on any atom is 0.228 e. The molecule has 1 aromatic carbocycles. The van der Waals surface area contributed by atoms with Crippen LogP contribution in [-0.2, 0) is 17.6 Å². The van der Waals surface area contributed by atoms with Crippen LogP contribution in [0.3, 0.4) is 0 Å². The monoisotopic (exact) mass is 258 g/mol. The van der Waals surface area contributed by atoms with Crippen LogP contribution >= 0.6 is 11.3 Å². The van der Waals surface area contributed by atoms with E-state index in [4.69, 9.17) is 0 Å². The summed E-state index contributed by atoms with van der Waals surface area (Å²) in [6.07, 6.45) is 1.47. The molecule has 2 heterocycles. The van der Waals surface area contributed by atoms with Crippen LogP contribution in [0.25, 0.3) is 0 Å². The van der Waals surface area contributed by atoms with Crippen molar-refractivity contribution < 1.29 is 4.79 Å². The van der Waals surface area contributed by atoms with Gasteiger partial charge in [0.2, 0.25) is 5.91 Å². The second-order valence-electron chi connectivity index (χ2n) is 4.41. The average molecular weight is 258 g/mol. The number of amides is 1. The van der Waals surface area contributed by atoms with Crippen molar-refractivity contribution in [2.45, 2.75) is 12.8 Å². The highest BCUT2D eigenvalue weighted by Gasteiger charge is 2.11. The number of hydrogen-bond acceptors (Lipinski definition) is 3. The summed E-state index contributed by atoms with van der Waals surface area (Å²) < 4.78 is 0. The van der Waals surface area contributed by atoms with E-state index in [-0.39, 0.29) is 5.91 Å². The van der Waals surface area contributed by atoms with E-state index in [1.807, 2.05) is 29.0 Å². The lowest BCUT2D eigenvalue weighted by atomic mass is 10.1. The van der Waals surface area contributed by atoms with Crippen LogP contribution in [-0.4, -0.2) is 12.5 Å². The predicted molar refractivity (Wildman–Crippen MR) is 75.3 cm³/mol. The lowest BCUT2D eigenvalue weighted by molar-refractivity contribution is -0.115. The van der Waals surface area contributed by atoms with Crippen LogP contribution in [0.15, 0.2) is 35.0 Å². The van der Waals surface area contributed by atoms with Gasteiger partial charge in [0.25, 0.3) is 0 Å². The molecular weight excluding hydrogens is 244 g/mol. The van der Waals surface area contributed by atoms with Gasteiger partial charge in [-0.1, -0.05) is 0 Å². The maximum absolute atomic E-state index is 11.9. The molecule has 4 heteroatoms. The summed E-state index contributed by atoms with van der Waals surface area (Å²) in [4.78, 5) is 11.9. The standard InChI is InChI=1S/C14H14N2OS/c17-14(7-10-4-6-18-9-10)16-12-1-2-13-11(8-12)3-5-15-13/h1-2,4,6,8-9,15H,3,5,7H2,(H,16,17). The summed E-state index contributed by atoms with van der Waals surface area (Å²) in [5.74, 6) is 0.0410. The van der Waals surface area contributed by atoms with Gasteiger partial charge < -0.3 is 10.6 Å².